The molecule has 1 N–H and O–H groups in total. The van der Waals surface area contributed by atoms with E-state index in [9.17, 15) is 4.79 Å². The lowest BCUT2D eigenvalue weighted by Crippen LogP contribution is -2.23. The van der Waals surface area contributed by atoms with Crippen LogP contribution in [0.1, 0.15) is 28.4 Å². The average molecular weight is 299 g/mol. The zero-order valence-electron chi connectivity index (χ0n) is 13.2. The molecule has 2 rings (SSSR count). The Morgan fingerprint density at radius 2 is 1.68 bits per heavy atom. The van der Waals surface area contributed by atoms with Gasteiger partial charge in [0.15, 0.2) is 0 Å². The molecule has 0 atom stereocenters. The van der Waals surface area contributed by atoms with Crippen LogP contribution in [-0.2, 0) is 13.0 Å². The van der Waals surface area contributed by atoms with E-state index < -0.39 is 0 Å². The molecule has 1 amide bonds. The zero-order valence-corrected chi connectivity index (χ0v) is 13.2. The lowest BCUT2D eigenvalue weighted by Gasteiger charge is -2.11. The summed E-state index contributed by atoms with van der Waals surface area (Å²) in [5.74, 6) is 1.47. The Morgan fingerprint density at radius 3 is 2.36 bits per heavy atom. The summed E-state index contributed by atoms with van der Waals surface area (Å²) in [7, 11) is 3.26. The molecule has 0 bridgehead atoms. The topological polar surface area (TPSA) is 47.6 Å². The van der Waals surface area contributed by atoms with Crippen molar-refractivity contribution < 1.29 is 14.3 Å². The summed E-state index contributed by atoms with van der Waals surface area (Å²) >= 11 is 0. The number of carbonyl (C=O) groups excluding carboxylic acids is 1. The first kappa shape index (κ1) is 15.9. The molecule has 0 radical (unpaired) electrons. The van der Waals surface area contributed by atoms with Crippen LogP contribution >= 0.6 is 0 Å². The molecule has 2 aromatic carbocycles. The standard InChI is InChI=1S/C18H21NO3/c1-4-13-11-14(9-10-17(13)22-3)18(20)19-12-15-7-5-6-8-16(15)21-2/h5-11H,4,12H2,1-3H3,(H,19,20). The Hall–Kier alpha value is -2.49. The maximum absolute atomic E-state index is 12.3. The van der Waals surface area contributed by atoms with Gasteiger partial charge < -0.3 is 14.8 Å². The van der Waals surface area contributed by atoms with E-state index in [4.69, 9.17) is 9.47 Å². The Labute approximate surface area is 131 Å². The van der Waals surface area contributed by atoms with Crippen molar-refractivity contribution in [1.29, 1.82) is 0 Å². The summed E-state index contributed by atoms with van der Waals surface area (Å²) in [6, 6.07) is 13.1. The molecule has 0 unspecified atom stereocenters. The quantitative estimate of drug-likeness (QED) is 0.891. The molecule has 0 spiro atoms. The molecule has 4 nitrogen and oxygen atoms in total. The first-order valence-corrected chi connectivity index (χ1v) is 7.26. The van der Waals surface area contributed by atoms with Crippen LogP contribution in [0.15, 0.2) is 42.5 Å². The van der Waals surface area contributed by atoms with Crippen LogP contribution in [0.4, 0.5) is 0 Å². The summed E-state index contributed by atoms with van der Waals surface area (Å²) in [6.07, 6.45) is 0.816. The van der Waals surface area contributed by atoms with E-state index in [1.54, 1.807) is 20.3 Å². The number of methoxy groups -OCH3 is 2. The molecule has 0 aliphatic heterocycles. The van der Waals surface area contributed by atoms with Crippen molar-refractivity contribution in [3.8, 4) is 11.5 Å². The summed E-state index contributed by atoms with van der Waals surface area (Å²) in [5, 5.41) is 2.92. The van der Waals surface area contributed by atoms with Crippen molar-refractivity contribution in [2.45, 2.75) is 19.9 Å². The molecule has 0 saturated heterocycles. The van der Waals surface area contributed by atoms with Crippen molar-refractivity contribution in [2.24, 2.45) is 0 Å². The average Bonchev–Trinajstić information content (AvgIpc) is 2.59. The second kappa shape index (κ2) is 7.50. The van der Waals surface area contributed by atoms with Gasteiger partial charge in [-0.2, -0.15) is 0 Å². The van der Waals surface area contributed by atoms with Gasteiger partial charge in [-0.15, -0.1) is 0 Å². The van der Waals surface area contributed by atoms with Crippen LogP contribution in [0, 0.1) is 0 Å². The molecule has 116 valence electrons. The zero-order chi connectivity index (χ0) is 15.9. The molecule has 0 aromatic heterocycles. The van der Waals surface area contributed by atoms with Gasteiger partial charge in [0.1, 0.15) is 11.5 Å². The van der Waals surface area contributed by atoms with Crippen LogP contribution in [0.5, 0.6) is 11.5 Å². The molecule has 4 heteroatoms. The predicted molar refractivity (Wildman–Crippen MR) is 86.5 cm³/mol. The highest BCUT2D eigenvalue weighted by Crippen LogP contribution is 2.21. The van der Waals surface area contributed by atoms with Crippen LogP contribution in [0.2, 0.25) is 0 Å². The van der Waals surface area contributed by atoms with Crippen LogP contribution in [0.3, 0.4) is 0 Å². The third kappa shape index (κ3) is 3.58. The predicted octanol–water partition coefficient (Wildman–Crippen LogP) is 3.20. The molecule has 0 aliphatic carbocycles. The molecule has 0 fully saturated rings. The van der Waals surface area contributed by atoms with Crippen molar-refractivity contribution in [2.75, 3.05) is 14.2 Å². The van der Waals surface area contributed by atoms with Gasteiger partial charge in [-0.1, -0.05) is 25.1 Å². The van der Waals surface area contributed by atoms with Gasteiger partial charge >= 0.3 is 0 Å². The van der Waals surface area contributed by atoms with Gasteiger partial charge in [0.2, 0.25) is 0 Å². The Balaban J connectivity index is 2.09. The first-order chi connectivity index (χ1) is 10.7. The minimum atomic E-state index is -0.108. The smallest absolute Gasteiger partial charge is 0.251 e. The van der Waals surface area contributed by atoms with Crippen LogP contribution < -0.4 is 14.8 Å². The number of benzene rings is 2. The van der Waals surface area contributed by atoms with Gasteiger partial charge in [0, 0.05) is 17.7 Å². The van der Waals surface area contributed by atoms with Crippen LogP contribution in [-0.4, -0.2) is 20.1 Å². The maximum Gasteiger partial charge on any atom is 0.251 e. The number of carbonyl (C=O) groups is 1. The van der Waals surface area contributed by atoms with Gasteiger partial charge in [-0.25, -0.2) is 0 Å². The number of rotatable bonds is 6. The number of hydrogen-bond acceptors (Lipinski definition) is 3. The molecule has 2 aromatic rings. The Morgan fingerprint density at radius 1 is 1.00 bits per heavy atom. The molecule has 22 heavy (non-hydrogen) atoms. The molecular weight excluding hydrogens is 278 g/mol. The summed E-state index contributed by atoms with van der Waals surface area (Å²) in [5.41, 5.74) is 2.60. The lowest BCUT2D eigenvalue weighted by atomic mass is 10.1. The second-order valence-corrected chi connectivity index (χ2v) is 4.87. The highest BCUT2D eigenvalue weighted by atomic mass is 16.5. The normalized spacial score (nSPS) is 10.1. The van der Waals surface area contributed by atoms with Gasteiger partial charge in [-0.3, -0.25) is 4.79 Å². The highest BCUT2D eigenvalue weighted by Gasteiger charge is 2.10. The van der Waals surface area contributed by atoms with E-state index in [2.05, 4.69) is 5.32 Å². The maximum atomic E-state index is 12.3. The first-order valence-electron chi connectivity index (χ1n) is 7.26. The van der Waals surface area contributed by atoms with E-state index in [0.717, 1.165) is 29.0 Å². The fourth-order valence-electron chi connectivity index (χ4n) is 2.32. The van der Waals surface area contributed by atoms with Crippen molar-refractivity contribution in [3.63, 3.8) is 0 Å². The van der Waals surface area contributed by atoms with E-state index in [-0.39, 0.29) is 5.91 Å². The van der Waals surface area contributed by atoms with E-state index >= 15 is 0 Å². The fourth-order valence-corrected chi connectivity index (χ4v) is 2.32. The summed E-state index contributed by atoms with van der Waals surface area (Å²) < 4.78 is 10.6. The van der Waals surface area contributed by atoms with Gasteiger partial charge in [0.25, 0.3) is 5.91 Å². The summed E-state index contributed by atoms with van der Waals surface area (Å²) in [4.78, 5) is 12.3. The van der Waals surface area contributed by atoms with Gasteiger partial charge in [0.05, 0.1) is 14.2 Å². The van der Waals surface area contributed by atoms with E-state index in [1.807, 2.05) is 43.3 Å². The summed E-state index contributed by atoms with van der Waals surface area (Å²) in [6.45, 7) is 2.46. The fraction of sp³-hybridized carbons (Fsp3) is 0.278. The van der Waals surface area contributed by atoms with Crippen LogP contribution in [0.25, 0.3) is 0 Å². The minimum absolute atomic E-state index is 0.108. The monoisotopic (exact) mass is 299 g/mol. The van der Waals surface area contributed by atoms with E-state index in [0.29, 0.717) is 12.1 Å². The molecular formula is C18H21NO3. The lowest BCUT2D eigenvalue weighted by molar-refractivity contribution is 0.0950. The van der Waals surface area contributed by atoms with Gasteiger partial charge in [-0.05, 0) is 36.2 Å². The molecule has 0 saturated carbocycles. The number of amides is 1. The number of aryl methyl sites for hydroxylation is 1. The number of nitrogens with one attached hydrogen (secondary N) is 1. The largest absolute Gasteiger partial charge is 0.496 e. The van der Waals surface area contributed by atoms with Crippen molar-refractivity contribution in [3.05, 3.63) is 59.2 Å². The molecule has 0 aliphatic rings. The minimum Gasteiger partial charge on any atom is -0.496 e. The van der Waals surface area contributed by atoms with Crippen molar-refractivity contribution in [1.82, 2.24) is 5.32 Å². The number of para-hydroxylation sites is 1. The third-order valence-electron chi connectivity index (χ3n) is 3.56. The Bertz CT molecular complexity index is 653. The number of ether oxygens (including phenoxy) is 2. The molecule has 0 heterocycles. The third-order valence-corrected chi connectivity index (χ3v) is 3.56. The SMILES string of the molecule is CCc1cc(C(=O)NCc2ccccc2OC)ccc1OC. The van der Waals surface area contributed by atoms with E-state index in [1.165, 1.54) is 0 Å². The number of hydrogen-bond donors (Lipinski definition) is 1. The second-order valence-electron chi connectivity index (χ2n) is 4.87. The van der Waals surface area contributed by atoms with Crippen molar-refractivity contribution >= 4 is 5.91 Å². The Kier molecular flexibility index (Phi) is 5.42. The highest BCUT2D eigenvalue weighted by molar-refractivity contribution is 5.94.